The number of likely N-dealkylation sites (N-methyl/N-ethyl adjacent to an activating group) is 1. The number of rotatable bonds is 2. The Kier molecular flexibility index (Phi) is 2.76. The van der Waals surface area contributed by atoms with Gasteiger partial charge < -0.3 is 10.6 Å². The topological polar surface area (TPSA) is 29.3 Å². The summed E-state index contributed by atoms with van der Waals surface area (Å²) in [7, 11) is 1.95. The highest BCUT2D eigenvalue weighted by Crippen LogP contribution is 2.35. The van der Waals surface area contributed by atoms with Gasteiger partial charge in [0.15, 0.2) is 0 Å². The third-order valence-electron chi connectivity index (χ3n) is 3.12. The van der Waals surface area contributed by atoms with Crippen molar-refractivity contribution in [1.82, 2.24) is 4.90 Å². The predicted molar refractivity (Wildman–Crippen MR) is 59.2 cm³/mol. The minimum absolute atomic E-state index is 0.495. The maximum absolute atomic E-state index is 14.5. The molecule has 1 unspecified atom stereocenters. The van der Waals surface area contributed by atoms with Crippen LogP contribution in [0.5, 0.6) is 0 Å². The summed E-state index contributed by atoms with van der Waals surface area (Å²) in [5.41, 5.74) is 6.17. The van der Waals surface area contributed by atoms with Gasteiger partial charge in [0.05, 0.1) is 0 Å². The molecule has 2 nitrogen and oxygen atoms in total. The summed E-state index contributed by atoms with van der Waals surface area (Å²) in [5.74, 6) is 0. The molecule has 1 aliphatic rings. The smallest absolute Gasteiger partial charge is 0.149 e. The van der Waals surface area contributed by atoms with Crippen LogP contribution in [-0.2, 0) is 12.2 Å². The summed E-state index contributed by atoms with van der Waals surface area (Å²) in [6.07, 6.45) is 0.589. The second-order valence-corrected chi connectivity index (χ2v) is 4.35. The fourth-order valence-electron chi connectivity index (χ4n) is 2.13. The lowest BCUT2D eigenvalue weighted by atomic mass is 9.94. The van der Waals surface area contributed by atoms with Gasteiger partial charge in [0.25, 0.3) is 0 Å². The van der Waals surface area contributed by atoms with Crippen LogP contribution in [-0.4, -0.2) is 25.0 Å². The first-order chi connectivity index (χ1) is 7.14. The van der Waals surface area contributed by atoms with Crippen LogP contribution in [0.2, 0.25) is 0 Å². The molecule has 1 atom stereocenters. The molecule has 0 aliphatic carbocycles. The van der Waals surface area contributed by atoms with Crippen molar-refractivity contribution in [3.8, 4) is 0 Å². The summed E-state index contributed by atoms with van der Waals surface area (Å²) in [6.45, 7) is 1.84. The first-order valence-corrected chi connectivity index (χ1v) is 5.31. The number of nitrogens with two attached hydrogens (primary N) is 1. The second-order valence-electron chi connectivity index (χ2n) is 4.35. The van der Waals surface area contributed by atoms with Crippen LogP contribution in [0.15, 0.2) is 24.3 Å². The zero-order chi connectivity index (χ0) is 10.9. The van der Waals surface area contributed by atoms with E-state index in [9.17, 15) is 4.39 Å². The van der Waals surface area contributed by atoms with Gasteiger partial charge in [-0.3, -0.25) is 0 Å². The lowest BCUT2D eigenvalue weighted by Crippen LogP contribution is -2.24. The van der Waals surface area contributed by atoms with Crippen LogP contribution in [0.4, 0.5) is 4.39 Å². The fraction of sp³-hybridized carbons (Fsp3) is 0.500. The highest BCUT2D eigenvalue weighted by molar-refractivity contribution is 5.28. The molecule has 1 saturated heterocycles. The molecule has 3 heteroatoms. The number of nitrogens with zero attached hydrogens (tertiary/aromatic N) is 1. The Morgan fingerprint density at radius 3 is 2.53 bits per heavy atom. The zero-order valence-electron chi connectivity index (χ0n) is 9.04. The Hall–Kier alpha value is -0.930. The van der Waals surface area contributed by atoms with Crippen molar-refractivity contribution in [2.24, 2.45) is 5.73 Å². The van der Waals surface area contributed by atoms with E-state index in [1.807, 2.05) is 36.2 Å². The van der Waals surface area contributed by atoms with E-state index < -0.39 is 5.67 Å². The van der Waals surface area contributed by atoms with E-state index in [4.69, 9.17) is 5.73 Å². The fourth-order valence-corrected chi connectivity index (χ4v) is 2.13. The third kappa shape index (κ3) is 2.03. The molecule has 0 bridgehead atoms. The van der Waals surface area contributed by atoms with Gasteiger partial charge in [-0.05, 0) is 24.6 Å². The first-order valence-electron chi connectivity index (χ1n) is 5.31. The normalized spacial score (nSPS) is 27.1. The van der Waals surface area contributed by atoms with Gasteiger partial charge in [-0.2, -0.15) is 0 Å². The Labute approximate surface area is 89.9 Å². The molecule has 0 aromatic heterocycles. The largest absolute Gasteiger partial charge is 0.326 e. The highest BCUT2D eigenvalue weighted by Gasteiger charge is 2.38. The molecule has 15 heavy (non-hydrogen) atoms. The molecule has 2 N–H and O–H groups in total. The molecule has 1 aliphatic heterocycles. The maximum Gasteiger partial charge on any atom is 0.149 e. The molecular formula is C12H17FN2. The van der Waals surface area contributed by atoms with E-state index in [-0.39, 0.29) is 0 Å². The van der Waals surface area contributed by atoms with Crippen LogP contribution in [0.1, 0.15) is 17.5 Å². The Morgan fingerprint density at radius 1 is 1.40 bits per heavy atom. The predicted octanol–water partition coefficient (Wildman–Crippen LogP) is 1.65. The van der Waals surface area contributed by atoms with Crippen LogP contribution in [0.25, 0.3) is 0 Å². The molecule has 1 aromatic carbocycles. The number of benzene rings is 1. The van der Waals surface area contributed by atoms with Crippen molar-refractivity contribution in [2.75, 3.05) is 20.1 Å². The summed E-state index contributed by atoms with van der Waals surface area (Å²) in [4.78, 5) is 2.02. The Balaban J connectivity index is 2.22. The molecule has 0 saturated carbocycles. The molecule has 1 heterocycles. The summed E-state index contributed by atoms with van der Waals surface area (Å²) >= 11 is 0. The molecular weight excluding hydrogens is 191 g/mol. The number of hydrogen-bond acceptors (Lipinski definition) is 2. The quantitative estimate of drug-likeness (QED) is 0.800. The van der Waals surface area contributed by atoms with E-state index >= 15 is 0 Å². The summed E-state index contributed by atoms with van der Waals surface area (Å²) in [5, 5.41) is 0. The van der Waals surface area contributed by atoms with Crippen molar-refractivity contribution < 1.29 is 4.39 Å². The second kappa shape index (κ2) is 3.91. The number of hydrogen-bond donors (Lipinski definition) is 1. The van der Waals surface area contributed by atoms with Crippen molar-refractivity contribution in [3.05, 3.63) is 35.4 Å². The van der Waals surface area contributed by atoms with E-state index in [2.05, 4.69) is 0 Å². The minimum Gasteiger partial charge on any atom is -0.326 e. The molecule has 2 rings (SSSR count). The Bertz CT molecular complexity index is 336. The average molecular weight is 208 g/mol. The first kappa shape index (κ1) is 10.6. The van der Waals surface area contributed by atoms with Crippen molar-refractivity contribution in [1.29, 1.82) is 0 Å². The highest BCUT2D eigenvalue weighted by atomic mass is 19.1. The van der Waals surface area contributed by atoms with Gasteiger partial charge in [-0.15, -0.1) is 0 Å². The average Bonchev–Trinajstić information content (AvgIpc) is 2.60. The van der Waals surface area contributed by atoms with Crippen molar-refractivity contribution in [3.63, 3.8) is 0 Å². The standard InChI is InChI=1S/C12H17FN2/c1-15-7-6-12(13,9-15)11-4-2-10(8-14)3-5-11/h2-5H,6-9,14H2,1H3. The van der Waals surface area contributed by atoms with Crippen LogP contribution in [0.3, 0.4) is 0 Å². The summed E-state index contributed by atoms with van der Waals surface area (Å²) < 4.78 is 14.5. The molecule has 1 fully saturated rings. The molecule has 0 spiro atoms. The van der Waals surface area contributed by atoms with Gasteiger partial charge in [-0.25, -0.2) is 4.39 Å². The lowest BCUT2D eigenvalue weighted by molar-refractivity contribution is 0.174. The molecule has 82 valence electrons. The molecule has 0 amide bonds. The minimum atomic E-state index is -1.16. The number of likely N-dealkylation sites (tertiary alicyclic amines) is 1. The zero-order valence-corrected chi connectivity index (χ0v) is 9.04. The maximum atomic E-state index is 14.5. The number of alkyl halides is 1. The van der Waals surface area contributed by atoms with E-state index in [0.717, 1.165) is 17.7 Å². The van der Waals surface area contributed by atoms with Crippen molar-refractivity contribution >= 4 is 0 Å². The SMILES string of the molecule is CN1CCC(F)(c2ccc(CN)cc2)C1. The van der Waals surface area contributed by atoms with E-state index in [1.54, 1.807) is 0 Å². The van der Waals surface area contributed by atoms with Gasteiger partial charge in [0, 0.05) is 19.6 Å². The van der Waals surface area contributed by atoms with Gasteiger partial charge >= 0.3 is 0 Å². The molecule has 1 aromatic rings. The van der Waals surface area contributed by atoms with Crippen molar-refractivity contribution in [2.45, 2.75) is 18.6 Å². The van der Waals surface area contributed by atoms with Crippen LogP contribution < -0.4 is 5.73 Å². The summed E-state index contributed by atoms with van der Waals surface area (Å²) in [6, 6.07) is 7.55. The monoisotopic (exact) mass is 208 g/mol. The number of halogens is 1. The lowest BCUT2D eigenvalue weighted by Gasteiger charge is -2.20. The van der Waals surface area contributed by atoms with E-state index in [1.165, 1.54) is 0 Å². The van der Waals surface area contributed by atoms with Crippen LogP contribution >= 0.6 is 0 Å². The Morgan fingerprint density at radius 2 is 2.07 bits per heavy atom. The van der Waals surface area contributed by atoms with Crippen LogP contribution in [0, 0.1) is 0 Å². The van der Waals surface area contributed by atoms with Gasteiger partial charge in [0.1, 0.15) is 5.67 Å². The third-order valence-corrected chi connectivity index (χ3v) is 3.12. The van der Waals surface area contributed by atoms with Gasteiger partial charge in [0.2, 0.25) is 0 Å². The van der Waals surface area contributed by atoms with E-state index in [0.29, 0.717) is 19.5 Å². The molecule has 0 radical (unpaired) electrons. The van der Waals surface area contributed by atoms with Gasteiger partial charge in [-0.1, -0.05) is 24.3 Å².